The third-order valence-corrected chi connectivity index (χ3v) is 2.43. The van der Waals surface area contributed by atoms with Crippen LogP contribution in [0.5, 0.6) is 0 Å². The molecule has 1 saturated heterocycles. The largest absolute Gasteiger partial charge is 0.451 e. The van der Waals surface area contributed by atoms with E-state index in [4.69, 9.17) is 4.42 Å². The molecule has 1 aromatic heterocycles. The first kappa shape index (κ1) is 10.5. The smallest absolute Gasteiger partial charge is 0.436 e. The molecule has 0 saturated carbocycles. The van der Waals surface area contributed by atoms with E-state index < -0.39 is 11.9 Å². The fourth-order valence-electron chi connectivity index (χ4n) is 1.54. The van der Waals surface area contributed by atoms with Crippen molar-refractivity contribution in [2.45, 2.75) is 19.5 Å². The SMILES string of the molecule is Cc1nc(CC2CNC2)oc1C(F)(F)F. The molecule has 2 rings (SSSR count). The quantitative estimate of drug-likeness (QED) is 0.825. The Bertz CT molecular complexity index is 355. The summed E-state index contributed by atoms with van der Waals surface area (Å²) >= 11 is 0. The van der Waals surface area contributed by atoms with Crippen LogP contribution in [0.3, 0.4) is 0 Å². The highest BCUT2D eigenvalue weighted by Crippen LogP contribution is 2.32. The van der Waals surface area contributed by atoms with Crippen LogP contribution in [0.15, 0.2) is 4.42 Å². The van der Waals surface area contributed by atoms with Crippen LogP contribution >= 0.6 is 0 Å². The molecule has 0 aliphatic carbocycles. The third-order valence-electron chi connectivity index (χ3n) is 2.43. The van der Waals surface area contributed by atoms with Crippen LogP contribution in [0.25, 0.3) is 0 Å². The monoisotopic (exact) mass is 220 g/mol. The number of aromatic nitrogens is 1. The van der Waals surface area contributed by atoms with Gasteiger partial charge >= 0.3 is 6.18 Å². The molecule has 0 unspecified atom stereocenters. The van der Waals surface area contributed by atoms with Crippen molar-refractivity contribution < 1.29 is 17.6 Å². The van der Waals surface area contributed by atoms with Gasteiger partial charge in [-0.1, -0.05) is 0 Å². The molecule has 0 atom stereocenters. The summed E-state index contributed by atoms with van der Waals surface area (Å²) in [6.07, 6.45) is -3.96. The Hall–Kier alpha value is -1.04. The highest BCUT2D eigenvalue weighted by atomic mass is 19.4. The summed E-state index contributed by atoms with van der Waals surface area (Å²) in [5, 5.41) is 3.04. The summed E-state index contributed by atoms with van der Waals surface area (Å²) in [5.41, 5.74) is -0.0789. The molecule has 1 aromatic rings. The number of nitrogens with one attached hydrogen (secondary N) is 1. The molecule has 0 radical (unpaired) electrons. The summed E-state index contributed by atoms with van der Waals surface area (Å²) in [6.45, 7) is 2.96. The summed E-state index contributed by atoms with van der Waals surface area (Å²) < 4.78 is 41.8. The van der Waals surface area contributed by atoms with E-state index in [9.17, 15) is 13.2 Å². The van der Waals surface area contributed by atoms with Crippen molar-refractivity contribution in [3.05, 3.63) is 17.3 Å². The van der Waals surface area contributed by atoms with Crippen LogP contribution in [0.2, 0.25) is 0 Å². The zero-order valence-electron chi connectivity index (χ0n) is 8.19. The number of halogens is 3. The van der Waals surface area contributed by atoms with Crippen LogP contribution in [0, 0.1) is 12.8 Å². The number of hydrogen-bond donors (Lipinski definition) is 1. The van der Waals surface area contributed by atoms with E-state index in [0.717, 1.165) is 13.1 Å². The molecule has 1 fully saturated rings. The van der Waals surface area contributed by atoms with Crippen LogP contribution in [0.1, 0.15) is 17.3 Å². The fraction of sp³-hybridized carbons (Fsp3) is 0.667. The van der Waals surface area contributed by atoms with E-state index >= 15 is 0 Å². The van der Waals surface area contributed by atoms with Crippen molar-refractivity contribution in [2.75, 3.05) is 13.1 Å². The van der Waals surface area contributed by atoms with Gasteiger partial charge in [0.2, 0.25) is 5.76 Å². The van der Waals surface area contributed by atoms with Crippen molar-refractivity contribution in [2.24, 2.45) is 5.92 Å². The highest BCUT2D eigenvalue weighted by molar-refractivity contribution is 5.11. The Morgan fingerprint density at radius 3 is 2.53 bits per heavy atom. The summed E-state index contributed by atoms with van der Waals surface area (Å²) in [7, 11) is 0. The van der Waals surface area contributed by atoms with Crippen LogP contribution in [-0.4, -0.2) is 18.1 Å². The lowest BCUT2D eigenvalue weighted by molar-refractivity contribution is -0.154. The first-order valence-electron chi connectivity index (χ1n) is 4.71. The van der Waals surface area contributed by atoms with E-state index in [2.05, 4.69) is 10.3 Å². The maximum absolute atomic E-state index is 12.3. The number of rotatable bonds is 2. The zero-order chi connectivity index (χ0) is 11.1. The minimum absolute atomic E-state index is 0.0789. The first-order chi connectivity index (χ1) is 6.97. The number of hydrogen-bond acceptors (Lipinski definition) is 3. The van der Waals surface area contributed by atoms with Gasteiger partial charge < -0.3 is 9.73 Å². The Morgan fingerprint density at radius 2 is 2.13 bits per heavy atom. The minimum Gasteiger partial charge on any atom is -0.436 e. The molecular formula is C9H11F3N2O. The lowest BCUT2D eigenvalue weighted by atomic mass is 10.00. The van der Waals surface area contributed by atoms with Gasteiger partial charge in [0.1, 0.15) is 0 Å². The molecule has 0 amide bonds. The molecule has 1 aliphatic heterocycles. The standard InChI is InChI=1S/C9H11F3N2O/c1-5-8(9(10,11)12)15-7(14-5)2-6-3-13-4-6/h6,13H,2-4H2,1H3. The average molecular weight is 220 g/mol. The molecular weight excluding hydrogens is 209 g/mol. The lowest BCUT2D eigenvalue weighted by Crippen LogP contribution is -2.43. The van der Waals surface area contributed by atoms with Gasteiger partial charge in [0.25, 0.3) is 0 Å². The lowest BCUT2D eigenvalue weighted by Gasteiger charge is -2.25. The summed E-state index contributed by atoms with van der Waals surface area (Å²) in [5.74, 6) is -0.430. The molecule has 6 heteroatoms. The molecule has 2 heterocycles. The Kier molecular flexibility index (Phi) is 2.46. The summed E-state index contributed by atoms with van der Waals surface area (Å²) in [4.78, 5) is 3.78. The predicted molar refractivity (Wildman–Crippen MR) is 46.3 cm³/mol. The molecule has 0 spiro atoms. The van der Waals surface area contributed by atoms with E-state index in [1.807, 2.05) is 0 Å². The van der Waals surface area contributed by atoms with E-state index in [-0.39, 0.29) is 11.6 Å². The topological polar surface area (TPSA) is 38.1 Å². The first-order valence-corrected chi connectivity index (χ1v) is 4.71. The van der Waals surface area contributed by atoms with Gasteiger partial charge in [-0.2, -0.15) is 13.2 Å². The molecule has 1 aliphatic rings. The fourth-order valence-corrected chi connectivity index (χ4v) is 1.54. The number of nitrogens with zero attached hydrogens (tertiary/aromatic N) is 1. The third kappa shape index (κ3) is 2.14. The van der Waals surface area contributed by atoms with Crippen molar-refractivity contribution >= 4 is 0 Å². The molecule has 0 aromatic carbocycles. The molecule has 1 N–H and O–H groups in total. The van der Waals surface area contributed by atoms with Crippen molar-refractivity contribution in [3.8, 4) is 0 Å². The second-order valence-corrected chi connectivity index (χ2v) is 3.75. The Morgan fingerprint density at radius 1 is 1.47 bits per heavy atom. The van der Waals surface area contributed by atoms with Crippen LogP contribution in [-0.2, 0) is 12.6 Å². The molecule has 0 bridgehead atoms. The van der Waals surface area contributed by atoms with Gasteiger partial charge in [-0.25, -0.2) is 4.98 Å². The van der Waals surface area contributed by atoms with Gasteiger partial charge in [-0.05, 0) is 25.9 Å². The van der Waals surface area contributed by atoms with Crippen molar-refractivity contribution in [1.82, 2.24) is 10.3 Å². The van der Waals surface area contributed by atoms with Crippen LogP contribution in [0.4, 0.5) is 13.2 Å². The zero-order valence-corrected chi connectivity index (χ0v) is 8.19. The second-order valence-electron chi connectivity index (χ2n) is 3.75. The minimum atomic E-state index is -4.44. The number of oxazole rings is 1. The normalized spacial score (nSPS) is 17.9. The molecule has 84 valence electrons. The van der Waals surface area contributed by atoms with Crippen LogP contribution < -0.4 is 5.32 Å². The van der Waals surface area contributed by atoms with Gasteiger partial charge in [0.05, 0.1) is 5.69 Å². The average Bonchev–Trinajstić information content (AvgIpc) is 2.38. The maximum atomic E-state index is 12.3. The Balaban J connectivity index is 2.13. The van der Waals surface area contributed by atoms with Gasteiger partial charge in [-0.3, -0.25) is 0 Å². The van der Waals surface area contributed by atoms with Crippen molar-refractivity contribution in [1.29, 1.82) is 0 Å². The number of alkyl halides is 3. The molecule has 15 heavy (non-hydrogen) atoms. The Labute approximate surface area is 84.7 Å². The maximum Gasteiger partial charge on any atom is 0.451 e. The van der Waals surface area contributed by atoms with Gasteiger partial charge in [-0.15, -0.1) is 0 Å². The highest BCUT2D eigenvalue weighted by Gasteiger charge is 2.38. The second kappa shape index (κ2) is 3.52. The van der Waals surface area contributed by atoms with Gasteiger partial charge in [0.15, 0.2) is 5.89 Å². The number of aryl methyl sites for hydroxylation is 1. The van der Waals surface area contributed by atoms with Gasteiger partial charge in [0, 0.05) is 6.42 Å². The van der Waals surface area contributed by atoms with Crippen molar-refractivity contribution in [3.63, 3.8) is 0 Å². The predicted octanol–water partition coefficient (Wildman–Crippen LogP) is 1.76. The summed E-state index contributed by atoms with van der Waals surface area (Å²) in [6, 6.07) is 0. The molecule has 3 nitrogen and oxygen atoms in total. The van der Waals surface area contributed by atoms with E-state index in [1.54, 1.807) is 0 Å². The van der Waals surface area contributed by atoms with E-state index in [1.165, 1.54) is 6.92 Å². The van der Waals surface area contributed by atoms with E-state index in [0.29, 0.717) is 12.3 Å².